The lowest BCUT2D eigenvalue weighted by Gasteiger charge is -2.00. The van der Waals surface area contributed by atoms with Gasteiger partial charge in [-0.15, -0.1) is 11.3 Å². The molecule has 0 fully saturated rings. The number of nitrogen functional groups attached to an aromatic ring is 1. The van der Waals surface area contributed by atoms with Gasteiger partial charge in [0.15, 0.2) is 11.0 Å². The average Bonchev–Trinajstić information content (AvgIpc) is 3.05. The smallest absolute Gasteiger partial charge is 0.226 e. The molecule has 0 unspecified atom stereocenters. The fraction of sp³-hybridized carbons (Fsp3) is 0.273. The quantitative estimate of drug-likeness (QED) is 0.583. The number of hydrogen-bond donors (Lipinski definition) is 1. The minimum absolute atomic E-state index is 0.510. The third kappa shape index (κ3) is 2.54. The molecule has 3 rings (SSSR count). The van der Waals surface area contributed by atoms with Gasteiger partial charge in [0.2, 0.25) is 5.89 Å². The highest BCUT2D eigenvalue weighted by Crippen LogP contribution is 2.27. The van der Waals surface area contributed by atoms with Gasteiger partial charge in [-0.2, -0.15) is 4.98 Å². The summed E-state index contributed by atoms with van der Waals surface area (Å²) in [5.74, 6) is 2.37. The molecule has 19 heavy (non-hydrogen) atoms. The van der Waals surface area contributed by atoms with Crippen molar-refractivity contribution in [1.29, 1.82) is 0 Å². The molecule has 0 radical (unpaired) electrons. The monoisotopic (exact) mass is 293 g/mol. The molecule has 0 atom stereocenters. The summed E-state index contributed by atoms with van der Waals surface area (Å²) in [6.45, 7) is 1.97. The first kappa shape index (κ1) is 12.4. The number of nitrogens with two attached hydrogens (primary N) is 1. The SMILES string of the molecule is CCc1nc(CSc2nc(N)c3ccsc3n2)no1. The minimum atomic E-state index is 0.510. The van der Waals surface area contributed by atoms with Gasteiger partial charge in [0.1, 0.15) is 10.6 Å². The number of thiophene rings is 1. The number of thioether (sulfide) groups is 1. The maximum Gasteiger partial charge on any atom is 0.226 e. The summed E-state index contributed by atoms with van der Waals surface area (Å²) in [5, 5.41) is 7.38. The minimum Gasteiger partial charge on any atom is -0.383 e. The number of aryl methyl sites for hydroxylation is 1. The molecule has 0 aromatic carbocycles. The van der Waals surface area contributed by atoms with Crippen molar-refractivity contribution in [2.45, 2.75) is 24.3 Å². The van der Waals surface area contributed by atoms with Crippen molar-refractivity contribution >= 4 is 39.1 Å². The van der Waals surface area contributed by atoms with Gasteiger partial charge in [-0.25, -0.2) is 9.97 Å². The Morgan fingerprint density at radius 2 is 2.26 bits per heavy atom. The maximum absolute atomic E-state index is 5.89. The van der Waals surface area contributed by atoms with Gasteiger partial charge in [0.05, 0.1) is 11.1 Å². The highest BCUT2D eigenvalue weighted by atomic mass is 32.2. The molecule has 0 aliphatic rings. The highest BCUT2D eigenvalue weighted by Gasteiger charge is 2.09. The Hall–Kier alpha value is -1.67. The van der Waals surface area contributed by atoms with E-state index in [0.717, 1.165) is 16.6 Å². The van der Waals surface area contributed by atoms with E-state index in [9.17, 15) is 0 Å². The molecule has 0 aliphatic heterocycles. The normalized spacial score (nSPS) is 11.2. The first-order valence-corrected chi connectivity index (χ1v) is 7.57. The van der Waals surface area contributed by atoms with E-state index in [2.05, 4.69) is 20.1 Å². The van der Waals surface area contributed by atoms with Crippen LogP contribution in [-0.4, -0.2) is 20.1 Å². The predicted molar refractivity (Wildman–Crippen MR) is 75.1 cm³/mol. The second-order valence-electron chi connectivity index (χ2n) is 3.78. The number of hydrogen-bond acceptors (Lipinski definition) is 8. The Labute approximate surface area is 117 Å². The summed E-state index contributed by atoms with van der Waals surface area (Å²) in [7, 11) is 0. The van der Waals surface area contributed by atoms with Crippen LogP contribution in [0.4, 0.5) is 5.82 Å². The molecule has 0 aliphatic carbocycles. The first-order valence-electron chi connectivity index (χ1n) is 5.71. The molecule has 0 bridgehead atoms. The lowest BCUT2D eigenvalue weighted by atomic mass is 10.4. The van der Waals surface area contributed by atoms with E-state index < -0.39 is 0 Å². The predicted octanol–water partition coefficient (Wildman–Crippen LogP) is 2.51. The van der Waals surface area contributed by atoms with E-state index in [4.69, 9.17) is 10.3 Å². The van der Waals surface area contributed by atoms with Gasteiger partial charge in [-0.1, -0.05) is 23.8 Å². The molecule has 0 saturated heterocycles. The number of anilines is 1. The fourth-order valence-electron chi connectivity index (χ4n) is 1.54. The van der Waals surface area contributed by atoms with Crippen LogP contribution in [0, 0.1) is 0 Å². The van der Waals surface area contributed by atoms with Crippen LogP contribution in [-0.2, 0) is 12.2 Å². The molecule has 6 nitrogen and oxygen atoms in total. The third-order valence-electron chi connectivity index (χ3n) is 2.48. The van der Waals surface area contributed by atoms with Crippen molar-refractivity contribution in [3.8, 4) is 0 Å². The molecule has 8 heteroatoms. The molecule has 0 amide bonds. The zero-order chi connectivity index (χ0) is 13.2. The van der Waals surface area contributed by atoms with E-state index >= 15 is 0 Å². The van der Waals surface area contributed by atoms with Gasteiger partial charge in [-0.3, -0.25) is 0 Å². The van der Waals surface area contributed by atoms with E-state index in [1.165, 1.54) is 11.8 Å². The van der Waals surface area contributed by atoms with Crippen LogP contribution in [0.15, 0.2) is 21.1 Å². The lowest BCUT2D eigenvalue weighted by molar-refractivity contribution is 0.378. The Morgan fingerprint density at radius 3 is 3.05 bits per heavy atom. The van der Waals surface area contributed by atoms with E-state index in [1.54, 1.807) is 11.3 Å². The highest BCUT2D eigenvalue weighted by molar-refractivity contribution is 7.98. The van der Waals surface area contributed by atoms with Crippen molar-refractivity contribution in [2.75, 3.05) is 5.73 Å². The van der Waals surface area contributed by atoms with E-state index in [-0.39, 0.29) is 0 Å². The second kappa shape index (κ2) is 5.14. The van der Waals surface area contributed by atoms with Crippen LogP contribution >= 0.6 is 23.1 Å². The number of nitrogens with zero attached hydrogens (tertiary/aromatic N) is 4. The summed E-state index contributed by atoms with van der Waals surface area (Å²) in [4.78, 5) is 13.8. The van der Waals surface area contributed by atoms with Crippen LogP contribution in [0.2, 0.25) is 0 Å². The first-order chi connectivity index (χ1) is 9.26. The summed E-state index contributed by atoms with van der Waals surface area (Å²) < 4.78 is 5.05. The van der Waals surface area contributed by atoms with Crippen molar-refractivity contribution < 1.29 is 4.52 Å². The van der Waals surface area contributed by atoms with Crippen molar-refractivity contribution in [3.05, 3.63) is 23.2 Å². The zero-order valence-corrected chi connectivity index (χ0v) is 11.8. The van der Waals surface area contributed by atoms with Gasteiger partial charge in [0, 0.05) is 6.42 Å². The van der Waals surface area contributed by atoms with Gasteiger partial charge in [0.25, 0.3) is 0 Å². The van der Waals surface area contributed by atoms with Gasteiger partial charge >= 0.3 is 0 Å². The Kier molecular flexibility index (Phi) is 3.34. The summed E-state index contributed by atoms with van der Waals surface area (Å²) in [6, 6.07) is 1.93. The van der Waals surface area contributed by atoms with Crippen LogP contribution < -0.4 is 5.73 Å². The second-order valence-corrected chi connectivity index (χ2v) is 5.61. The molecule has 2 N–H and O–H groups in total. The van der Waals surface area contributed by atoms with Gasteiger partial charge in [-0.05, 0) is 11.4 Å². The number of aromatic nitrogens is 4. The van der Waals surface area contributed by atoms with Crippen molar-refractivity contribution in [3.63, 3.8) is 0 Å². The molecular formula is C11H11N5OS2. The Morgan fingerprint density at radius 1 is 1.37 bits per heavy atom. The maximum atomic E-state index is 5.89. The standard InChI is InChI=1S/C11H11N5OS2/c1-2-8-13-7(16-17-8)5-19-11-14-9(12)6-3-4-18-10(6)15-11/h3-4H,2,5H2,1H3,(H2,12,14,15). The van der Waals surface area contributed by atoms with Gasteiger partial charge < -0.3 is 10.3 Å². The Bertz CT molecular complexity index is 708. The van der Waals surface area contributed by atoms with Crippen LogP contribution in [0.5, 0.6) is 0 Å². The largest absolute Gasteiger partial charge is 0.383 e. The lowest BCUT2D eigenvalue weighted by Crippen LogP contribution is -1.95. The average molecular weight is 293 g/mol. The topological polar surface area (TPSA) is 90.7 Å². The number of rotatable bonds is 4. The number of fused-ring (bicyclic) bond motifs is 1. The molecule has 3 aromatic heterocycles. The van der Waals surface area contributed by atoms with Crippen LogP contribution in [0.3, 0.4) is 0 Å². The summed E-state index contributed by atoms with van der Waals surface area (Å²) in [6.07, 6.45) is 0.738. The molecule has 0 saturated carbocycles. The van der Waals surface area contributed by atoms with E-state index in [1.807, 2.05) is 18.4 Å². The molecule has 0 spiro atoms. The summed E-state index contributed by atoms with van der Waals surface area (Å²) >= 11 is 3.00. The Balaban J connectivity index is 1.77. The summed E-state index contributed by atoms with van der Waals surface area (Å²) in [5.41, 5.74) is 5.89. The third-order valence-corrected chi connectivity index (χ3v) is 4.13. The molecule has 3 heterocycles. The molecule has 98 valence electrons. The molecular weight excluding hydrogens is 282 g/mol. The fourth-order valence-corrected chi connectivity index (χ4v) is 3.07. The van der Waals surface area contributed by atoms with Crippen molar-refractivity contribution in [2.24, 2.45) is 0 Å². The van der Waals surface area contributed by atoms with Crippen LogP contribution in [0.1, 0.15) is 18.6 Å². The van der Waals surface area contributed by atoms with Crippen molar-refractivity contribution in [1.82, 2.24) is 20.1 Å². The van der Waals surface area contributed by atoms with Crippen LogP contribution in [0.25, 0.3) is 10.2 Å². The zero-order valence-electron chi connectivity index (χ0n) is 10.2. The molecule has 3 aromatic rings. The van der Waals surface area contributed by atoms with E-state index in [0.29, 0.717) is 28.4 Å².